The number of nitrogens with zero attached hydrogens (tertiary/aromatic N) is 1. The minimum Gasteiger partial charge on any atom is -0.464 e. The van der Waals surface area contributed by atoms with Crippen LogP contribution in [0, 0.1) is 0 Å². The van der Waals surface area contributed by atoms with E-state index in [2.05, 4.69) is 4.99 Å². The van der Waals surface area contributed by atoms with E-state index in [1.807, 2.05) is 6.92 Å². The Bertz CT molecular complexity index is 198. The van der Waals surface area contributed by atoms with Gasteiger partial charge in [0.1, 0.15) is 0 Å². The second-order valence-corrected chi connectivity index (χ2v) is 2.49. The molecule has 0 spiro atoms. The molecule has 1 aliphatic heterocycles. The Morgan fingerprint density at radius 3 is 2.60 bits per heavy atom. The molecule has 1 rings (SSSR count). The van der Waals surface area contributed by atoms with Crippen LogP contribution in [0.25, 0.3) is 0 Å². The van der Waals surface area contributed by atoms with Crippen molar-refractivity contribution in [1.29, 1.82) is 0 Å². The summed E-state index contributed by atoms with van der Waals surface area (Å²) in [6.07, 6.45) is 0. The summed E-state index contributed by atoms with van der Waals surface area (Å²) in [5.41, 5.74) is 0.265. The number of carbonyl (C=O) groups is 1. The van der Waals surface area contributed by atoms with Crippen molar-refractivity contribution in [3.63, 3.8) is 0 Å². The molecule has 3 nitrogen and oxygen atoms in total. The van der Waals surface area contributed by atoms with Gasteiger partial charge in [-0.15, -0.1) is 0 Å². The topological polar surface area (TPSA) is 38.7 Å². The molecule has 0 radical (unpaired) electrons. The lowest BCUT2D eigenvalue weighted by Crippen LogP contribution is -2.27. The average Bonchev–Trinajstić information content (AvgIpc) is 2.43. The molecule has 0 saturated heterocycles. The predicted octanol–water partition coefficient (Wildman–Crippen LogP) is 0.783. The maximum atomic E-state index is 11.0. The zero-order valence-corrected chi connectivity index (χ0v) is 6.47. The molecule has 0 aliphatic carbocycles. The molecule has 0 N–H and O–H groups in total. The summed E-state index contributed by atoms with van der Waals surface area (Å²) < 4.78 is 4.79. The van der Waals surface area contributed by atoms with Crippen molar-refractivity contribution >= 4 is 11.7 Å². The third kappa shape index (κ3) is 0.916. The number of carbonyl (C=O) groups excluding carboxylic acids is 1. The van der Waals surface area contributed by atoms with Crippen molar-refractivity contribution in [2.75, 3.05) is 6.61 Å². The van der Waals surface area contributed by atoms with Crippen LogP contribution in [0.2, 0.25) is 0 Å². The second kappa shape index (κ2) is 2.08. The first-order valence-electron chi connectivity index (χ1n) is 3.35. The summed E-state index contributed by atoms with van der Waals surface area (Å²) in [6, 6.07) is 0. The molecule has 0 amide bonds. The van der Waals surface area contributed by atoms with Crippen LogP contribution in [0.4, 0.5) is 0 Å². The Morgan fingerprint density at radius 2 is 2.30 bits per heavy atom. The van der Waals surface area contributed by atoms with Gasteiger partial charge in [0.25, 0.3) is 0 Å². The zero-order valence-electron chi connectivity index (χ0n) is 6.47. The Labute approximate surface area is 60.1 Å². The molecule has 0 saturated carbocycles. The van der Waals surface area contributed by atoms with E-state index in [1.54, 1.807) is 13.8 Å². The van der Waals surface area contributed by atoms with Gasteiger partial charge in [-0.3, -0.25) is 4.99 Å². The van der Waals surface area contributed by atoms with E-state index < -0.39 is 5.54 Å². The molecule has 0 fully saturated rings. The van der Waals surface area contributed by atoms with Crippen LogP contribution in [0.1, 0.15) is 20.8 Å². The molecule has 0 aromatic heterocycles. The summed E-state index contributed by atoms with van der Waals surface area (Å²) in [7, 11) is 0. The van der Waals surface area contributed by atoms with Crippen molar-refractivity contribution < 1.29 is 9.53 Å². The first-order chi connectivity index (χ1) is 4.61. The molecule has 0 aromatic carbocycles. The van der Waals surface area contributed by atoms with Gasteiger partial charge in [0.2, 0.25) is 0 Å². The van der Waals surface area contributed by atoms with Gasteiger partial charge < -0.3 is 4.74 Å². The monoisotopic (exact) mass is 141 g/mol. The van der Waals surface area contributed by atoms with E-state index in [0.29, 0.717) is 6.61 Å². The number of hydrogen-bond donors (Lipinski definition) is 0. The molecule has 1 unspecified atom stereocenters. The fourth-order valence-corrected chi connectivity index (χ4v) is 0.772. The van der Waals surface area contributed by atoms with Crippen LogP contribution in [0.15, 0.2) is 4.99 Å². The van der Waals surface area contributed by atoms with Gasteiger partial charge in [-0.2, -0.15) is 0 Å². The summed E-state index contributed by atoms with van der Waals surface area (Å²) >= 11 is 0. The first-order valence-corrected chi connectivity index (χ1v) is 3.35. The van der Waals surface area contributed by atoms with Gasteiger partial charge in [0.15, 0.2) is 5.54 Å². The highest BCUT2D eigenvalue weighted by Gasteiger charge is 2.47. The Morgan fingerprint density at radius 1 is 1.80 bits per heavy atom. The standard InChI is InChI=1S/C7H11NO2/c1-4-10-6(9)7(3)5(2)8-7/h4H2,1-3H3. The lowest BCUT2D eigenvalue weighted by atomic mass is 10.1. The number of hydrogen-bond acceptors (Lipinski definition) is 3. The van der Waals surface area contributed by atoms with E-state index in [0.717, 1.165) is 5.71 Å². The average molecular weight is 141 g/mol. The van der Waals surface area contributed by atoms with Crippen LogP contribution >= 0.6 is 0 Å². The van der Waals surface area contributed by atoms with Crippen molar-refractivity contribution in [2.24, 2.45) is 4.99 Å². The van der Waals surface area contributed by atoms with Crippen LogP contribution in [0.3, 0.4) is 0 Å². The van der Waals surface area contributed by atoms with Crippen LogP contribution < -0.4 is 0 Å². The van der Waals surface area contributed by atoms with Gasteiger partial charge in [-0.25, -0.2) is 4.79 Å². The zero-order chi connectivity index (χ0) is 7.78. The van der Waals surface area contributed by atoms with Crippen molar-refractivity contribution in [3.8, 4) is 0 Å². The molecule has 0 bridgehead atoms. The fourth-order valence-electron chi connectivity index (χ4n) is 0.772. The summed E-state index contributed by atoms with van der Waals surface area (Å²) in [6.45, 7) is 5.81. The molecule has 1 atom stereocenters. The van der Waals surface area contributed by atoms with E-state index in [4.69, 9.17) is 4.74 Å². The van der Waals surface area contributed by atoms with Crippen LogP contribution in [0.5, 0.6) is 0 Å². The van der Waals surface area contributed by atoms with E-state index >= 15 is 0 Å². The van der Waals surface area contributed by atoms with E-state index in [1.165, 1.54) is 0 Å². The third-order valence-electron chi connectivity index (χ3n) is 1.72. The highest BCUT2D eigenvalue weighted by atomic mass is 16.5. The maximum Gasteiger partial charge on any atom is 0.339 e. The Balaban J connectivity index is 2.45. The van der Waals surface area contributed by atoms with Gasteiger partial charge in [-0.05, 0) is 20.8 Å². The number of aliphatic imine (C=N–C) groups is 1. The van der Waals surface area contributed by atoms with Gasteiger partial charge in [0.05, 0.1) is 6.61 Å². The molecule has 1 aliphatic rings. The summed E-state index contributed by atoms with van der Waals surface area (Å²) in [4.78, 5) is 14.9. The largest absolute Gasteiger partial charge is 0.464 e. The molecule has 10 heavy (non-hydrogen) atoms. The lowest BCUT2D eigenvalue weighted by molar-refractivity contribution is -0.144. The van der Waals surface area contributed by atoms with Crippen LogP contribution in [-0.4, -0.2) is 23.8 Å². The number of rotatable bonds is 2. The van der Waals surface area contributed by atoms with Gasteiger partial charge >= 0.3 is 5.97 Å². The van der Waals surface area contributed by atoms with Gasteiger partial charge in [0, 0.05) is 5.71 Å². The highest BCUT2D eigenvalue weighted by Crippen LogP contribution is 2.28. The molecule has 0 aromatic rings. The SMILES string of the molecule is CCOC(=O)C1(C)N=C1C. The number of esters is 1. The number of ether oxygens (including phenoxy) is 1. The van der Waals surface area contributed by atoms with Crippen LogP contribution in [-0.2, 0) is 9.53 Å². The molecular weight excluding hydrogens is 130 g/mol. The molecule has 56 valence electrons. The van der Waals surface area contributed by atoms with Crippen molar-refractivity contribution in [1.82, 2.24) is 0 Å². The van der Waals surface area contributed by atoms with E-state index in [9.17, 15) is 4.79 Å². The minimum absolute atomic E-state index is 0.229. The maximum absolute atomic E-state index is 11.0. The highest BCUT2D eigenvalue weighted by molar-refractivity contribution is 6.19. The Hall–Kier alpha value is -0.860. The molecular formula is C7H11NO2. The fraction of sp³-hybridized carbons (Fsp3) is 0.714. The third-order valence-corrected chi connectivity index (χ3v) is 1.72. The lowest BCUT2D eigenvalue weighted by Gasteiger charge is -2.05. The second-order valence-electron chi connectivity index (χ2n) is 2.49. The van der Waals surface area contributed by atoms with Crippen molar-refractivity contribution in [2.45, 2.75) is 26.3 Å². The summed E-state index contributed by atoms with van der Waals surface area (Å²) in [5, 5.41) is 0. The predicted molar refractivity (Wildman–Crippen MR) is 38.1 cm³/mol. The van der Waals surface area contributed by atoms with E-state index in [-0.39, 0.29) is 5.97 Å². The van der Waals surface area contributed by atoms with Gasteiger partial charge in [-0.1, -0.05) is 0 Å². The normalized spacial score (nSPS) is 29.3. The van der Waals surface area contributed by atoms with Crippen molar-refractivity contribution in [3.05, 3.63) is 0 Å². The molecule has 3 heteroatoms. The summed E-state index contributed by atoms with van der Waals surface area (Å²) in [5.74, 6) is -0.229. The Kier molecular flexibility index (Phi) is 1.50. The minimum atomic E-state index is -0.601. The molecule has 1 heterocycles. The first kappa shape index (κ1) is 7.25. The quantitative estimate of drug-likeness (QED) is 0.533. The smallest absolute Gasteiger partial charge is 0.339 e.